The third-order valence-corrected chi connectivity index (χ3v) is 5.35. The van der Waals surface area contributed by atoms with Crippen molar-refractivity contribution in [3.05, 3.63) is 76.5 Å². The summed E-state index contributed by atoms with van der Waals surface area (Å²) in [4.78, 5) is 28.6. The Labute approximate surface area is 167 Å². The van der Waals surface area contributed by atoms with E-state index in [-0.39, 0.29) is 17.7 Å². The molecule has 0 bridgehead atoms. The smallest absolute Gasteiger partial charge is 0.271 e. The number of hydrogen-bond acceptors (Lipinski definition) is 3. The molecular weight excluding hydrogens is 376 g/mol. The zero-order chi connectivity index (χ0) is 21.3. The lowest BCUT2D eigenvalue weighted by molar-refractivity contribution is -0.155. The normalized spacial score (nSPS) is 20.9. The highest BCUT2D eigenvalue weighted by atomic mass is 19.1. The number of piperazine rings is 1. The van der Waals surface area contributed by atoms with E-state index in [4.69, 9.17) is 0 Å². The van der Waals surface area contributed by atoms with Gasteiger partial charge >= 0.3 is 0 Å². The highest BCUT2D eigenvalue weighted by Gasteiger charge is 2.49. The van der Waals surface area contributed by atoms with Crippen LogP contribution in [0.2, 0.25) is 0 Å². The first-order valence-corrected chi connectivity index (χ1v) is 8.90. The van der Waals surface area contributed by atoms with Crippen molar-refractivity contribution in [3.63, 3.8) is 0 Å². The summed E-state index contributed by atoms with van der Waals surface area (Å²) in [6.07, 6.45) is 1.16. The fourth-order valence-corrected chi connectivity index (χ4v) is 3.42. The van der Waals surface area contributed by atoms with Crippen molar-refractivity contribution >= 4 is 17.9 Å². The number of benzene rings is 2. The lowest BCUT2D eigenvalue weighted by Crippen LogP contribution is -2.64. The van der Waals surface area contributed by atoms with Crippen LogP contribution in [0, 0.1) is 23.0 Å². The van der Waals surface area contributed by atoms with Gasteiger partial charge in [0.15, 0.2) is 0 Å². The van der Waals surface area contributed by atoms with Gasteiger partial charge in [-0.15, -0.1) is 0 Å². The molecule has 2 aromatic rings. The van der Waals surface area contributed by atoms with Gasteiger partial charge in [0, 0.05) is 26.1 Å². The van der Waals surface area contributed by atoms with Crippen molar-refractivity contribution < 1.29 is 18.4 Å². The summed E-state index contributed by atoms with van der Waals surface area (Å²) in [6, 6.07) is 12.2. The van der Waals surface area contributed by atoms with E-state index in [9.17, 15) is 23.6 Å². The molecule has 2 amide bonds. The van der Waals surface area contributed by atoms with Gasteiger partial charge in [0.2, 0.25) is 0 Å². The van der Waals surface area contributed by atoms with Crippen LogP contribution in [0.4, 0.5) is 8.78 Å². The van der Waals surface area contributed by atoms with Crippen LogP contribution >= 0.6 is 0 Å². The Hall–Kier alpha value is -3.53. The molecule has 0 aliphatic carbocycles. The predicted octanol–water partition coefficient (Wildman–Crippen LogP) is 3.11. The molecule has 1 heterocycles. The highest BCUT2D eigenvalue weighted by Crippen LogP contribution is 2.32. The molecule has 1 saturated heterocycles. The molecular formula is C22H19F2N3O2. The molecule has 1 atom stereocenters. The average Bonchev–Trinajstić information content (AvgIpc) is 2.71. The van der Waals surface area contributed by atoms with E-state index in [2.05, 4.69) is 0 Å². The Morgan fingerprint density at radius 3 is 2.31 bits per heavy atom. The SMILES string of the molecule is CN1C(=O)C(C)(Cc2c(F)cccc2F)N(C)C(=O)C1=Cc1ccccc1C#N. The lowest BCUT2D eigenvalue weighted by Gasteiger charge is -2.45. The monoisotopic (exact) mass is 395 g/mol. The Balaban J connectivity index is 2.03. The molecule has 2 aromatic carbocycles. The second-order valence-corrected chi connectivity index (χ2v) is 7.11. The van der Waals surface area contributed by atoms with Crippen LogP contribution in [-0.4, -0.2) is 41.2 Å². The predicted molar refractivity (Wildman–Crippen MR) is 103 cm³/mol. The number of halogens is 2. The summed E-state index contributed by atoms with van der Waals surface area (Å²) in [7, 11) is 2.86. The van der Waals surface area contributed by atoms with Crippen molar-refractivity contribution in [1.29, 1.82) is 5.26 Å². The lowest BCUT2D eigenvalue weighted by atomic mass is 9.86. The van der Waals surface area contributed by atoms with Gasteiger partial charge in [0.1, 0.15) is 22.9 Å². The summed E-state index contributed by atoms with van der Waals surface area (Å²) < 4.78 is 28.3. The number of rotatable bonds is 3. The first kappa shape index (κ1) is 20.2. The molecule has 29 heavy (non-hydrogen) atoms. The number of nitrogens with zero attached hydrogens (tertiary/aromatic N) is 3. The van der Waals surface area contributed by atoms with Gasteiger partial charge in [-0.3, -0.25) is 9.59 Å². The van der Waals surface area contributed by atoms with Crippen molar-refractivity contribution in [1.82, 2.24) is 9.80 Å². The Morgan fingerprint density at radius 2 is 1.69 bits per heavy atom. The first-order chi connectivity index (χ1) is 13.7. The molecule has 0 radical (unpaired) electrons. The minimum absolute atomic E-state index is 0.0756. The zero-order valence-corrected chi connectivity index (χ0v) is 16.2. The van der Waals surface area contributed by atoms with E-state index in [1.165, 1.54) is 43.0 Å². The van der Waals surface area contributed by atoms with E-state index in [1.807, 2.05) is 6.07 Å². The molecule has 148 valence electrons. The number of likely N-dealkylation sites (N-methyl/N-ethyl adjacent to an activating group) is 2. The maximum atomic E-state index is 14.2. The third-order valence-electron chi connectivity index (χ3n) is 5.35. The van der Waals surface area contributed by atoms with Crippen LogP contribution in [0.25, 0.3) is 6.08 Å². The number of hydrogen-bond donors (Lipinski definition) is 0. The largest absolute Gasteiger partial charge is 0.326 e. The molecule has 1 aliphatic rings. The molecule has 1 unspecified atom stereocenters. The molecule has 5 nitrogen and oxygen atoms in total. The van der Waals surface area contributed by atoms with Gasteiger partial charge in [0.25, 0.3) is 11.8 Å². The summed E-state index contributed by atoms with van der Waals surface area (Å²) in [5, 5.41) is 9.26. The zero-order valence-electron chi connectivity index (χ0n) is 16.2. The number of carbonyl (C=O) groups is 2. The first-order valence-electron chi connectivity index (χ1n) is 8.90. The van der Waals surface area contributed by atoms with Crippen molar-refractivity contribution in [2.45, 2.75) is 18.9 Å². The van der Waals surface area contributed by atoms with Crippen molar-refractivity contribution in [3.8, 4) is 6.07 Å². The van der Waals surface area contributed by atoms with Crippen LogP contribution in [-0.2, 0) is 16.0 Å². The van der Waals surface area contributed by atoms with Gasteiger partial charge in [0.05, 0.1) is 11.6 Å². The molecule has 0 aromatic heterocycles. The maximum absolute atomic E-state index is 14.2. The second-order valence-electron chi connectivity index (χ2n) is 7.11. The number of amides is 2. The van der Waals surface area contributed by atoms with E-state index in [1.54, 1.807) is 24.3 Å². The van der Waals surface area contributed by atoms with Crippen molar-refractivity contribution in [2.75, 3.05) is 14.1 Å². The van der Waals surface area contributed by atoms with E-state index in [0.29, 0.717) is 11.1 Å². The third kappa shape index (κ3) is 3.38. The summed E-state index contributed by atoms with van der Waals surface area (Å²) in [5.74, 6) is -2.51. The Morgan fingerprint density at radius 1 is 1.07 bits per heavy atom. The number of nitriles is 1. The molecule has 1 fully saturated rings. The molecule has 7 heteroatoms. The molecule has 0 saturated carbocycles. The summed E-state index contributed by atoms with van der Waals surface area (Å²) in [5.41, 5.74) is -0.792. The van der Waals surface area contributed by atoms with Crippen LogP contribution < -0.4 is 0 Å². The summed E-state index contributed by atoms with van der Waals surface area (Å²) in [6.45, 7) is 1.48. The minimum atomic E-state index is -1.47. The average molecular weight is 395 g/mol. The van der Waals surface area contributed by atoms with Gasteiger partial charge in [-0.2, -0.15) is 5.26 Å². The van der Waals surface area contributed by atoms with Crippen LogP contribution in [0.15, 0.2) is 48.2 Å². The standard InChI is InChI=1S/C22H19F2N3O2/c1-22(12-16-17(23)9-6-10-18(16)24)21(29)26(2)19(20(28)27(22)3)11-14-7-4-5-8-15(14)13-25/h4-11H,12H2,1-3H3. The second kappa shape index (κ2) is 7.47. The molecule has 1 aliphatic heterocycles. The van der Waals surface area contributed by atoms with E-state index in [0.717, 1.165) is 12.1 Å². The molecule has 0 N–H and O–H groups in total. The topological polar surface area (TPSA) is 64.4 Å². The number of carbonyl (C=O) groups excluding carboxylic acids is 2. The van der Waals surface area contributed by atoms with Gasteiger partial charge < -0.3 is 9.80 Å². The maximum Gasteiger partial charge on any atom is 0.271 e. The Bertz CT molecular complexity index is 1050. The van der Waals surface area contributed by atoms with E-state index >= 15 is 0 Å². The van der Waals surface area contributed by atoms with Crippen LogP contribution in [0.5, 0.6) is 0 Å². The summed E-state index contributed by atoms with van der Waals surface area (Å²) >= 11 is 0. The van der Waals surface area contributed by atoms with E-state index < -0.39 is 29.0 Å². The van der Waals surface area contributed by atoms with Gasteiger partial charge in [-0.05, 0) is 36.8 Å². The highest BCUT2D eigenvalue weighted by molar-refractivity contribution is 6.08. The molecule has 3 rings (SSSR count). The van der Waals surface area contributed by atoms with Crippen molar-refractivity contribution in [2.24, 2.45) is 0 Å². The fraction of sp³-hybridized carbons (Fsp3) is 0.227. The van der Waals surface area contributed by atoms with Crippen LogP contribution in [0.3, 0.4) is 0 Å². The minimum Gasteiger partial charge on any atom is -0.326 e. The molecule has 0 spiro atoms. The van der Waals surface area contributed by atoms with Gasteiger partial charge in [-0.1, -0.05) is 24.3 Å². The quantitative estimate of drug-likeness (QED) is 0.750. The van der Waals surface area contributed by atoms with Crippen LogP contribution in [0.1, 0.15) is 23.6 Å². The fourth-order valence-electron chi connectivity index (χ4n) is 3.42. The van der Waals surface area contributed by atoms with Gasteiger partial charge in [-0.25, -0.2) is 8.78 Å². The Kier molecular flexibility index (Phi) is 5.21.